The molecule has 3 aromatic rings. The topological polar surface area (TPSA) is 56.9 Å². The fraction of sp³-hybridized carbons (Fsp3) is 0.286. The number of aromatic nitrogens is 1. The van der Waals surface area contributed by atoms with Crippen molar-refractivity contribution < 1.29 is 4.79 Å². The van der Waals surface area contributed by atoms with E-state index in [0.717, 1.165) is 17.6 Å². The minimum absolute atomic E-state index is 0.0124. The Balaban J connectivity index is 1.49. The average Bonchev–Trinajstić information content (AvgIpc) is 3.03. The summed E-state index contributed by atoms with van der Waals surface area (Å²) in [5.74, 6) is 0.437. The van der Waals surface area contributed by atoms with Gasteiger partial charge in [-0.15, -0.1) is 0 Å². The molecule has 1 heterocycles. The normalized spacial score (nSPS) is 11.0. The lowest BCUT2D eigenvalue weighted by molar-refractivity contribution is -0.119. The number of rotatable bonds is 7. The second kappa shape index (κ2) is 7.88. The van der Waals surface area contributed by atoms with Crippen molar-refractivity contribution >= 4 is 22.5 Å². The zero-order valence-electron chi connectivity index (χ0n) is 14.8. The van der Waals surface area contributed by atoms with Crippen LogP contribution in [0.5, 0.6) is 0 Å². The molecule has 0 saturated heterocycles. The molecule has 0 aliphatic carbocycles. The number of hydrogen-bond acceptors (Lipinski definition) is 2. The number of amides is 1. The predicted octanol–water partition coefficient (Wildman–Crippen LogP) is 4.06. The standard InChI is InChI=1S/C21H25N3O/c1-15(2)17-7-3-5-9-19(17)24-14-21(25)22-12-11-16-13-23-20-10-6-4-8-18(16)20/h3-10,13,15,23-24H,11-12,14H2,1-2H3,(H,22,25). The molecule has 25 heavy (non-hydrogen) atoms. The van der Waals surface area contributed by atoms with E-state index in [2.05, 4.69) is 47.7 Å². The summed E-state index contributed by atoms with van der Waals surface area (Å²) in [7, 11) is 0. The summed E-state index contributed by atoms with van der Waals surface area (Å²) in [6.45, 7) is 5.23. The Morgan fingerprint density at radius 3 is 2.68 bits per heavy atom. The minimum atomic E-state index is 0.0124. The number of para-hydroxylation sites is 2. The van der Waals surface area contributed by atoms with Gasteiger partial charge in [-0.3, -0.25) is 4.79 Å². The fourth-order valence-electron chi connectivity index (χ4n) is 3.07. The second-order valence-electron chi connectivity index (χ2n) is 6.55. The van der Waals surface area contributed by atoms with Gasteiger partial charge in [-0.1, -0.05) is 50.2 Å². The number of nitrogens with one attached hydrogen (secondary N) is 3. The summed E-state index contributed by atoms with van der Waals surface area (Å²) in [5, 5.41) is 7.46. The zero-order chi connectivity index (χ0) is 17.6. The highest BCUT2D eigenvalue weighted by Gasteiger charge is 2.08. The third kappa shape index (κ3) is 4.21. The van der Waals surface area contributed by atoms with Gasteiger partial charge in [-0.05, 0) is 35.6 Å². The molecule has 0 aliphatic rings. The molecule has 3 N–H and O–H groups in total. The van der Waals surface area contributed by atoms with Gasteiger partial charge in [0.25, 0.3) is 0 Å². The predicted molar refractivity (Wildman–Crippen MR) is 104 cm³/mol. The van der Waals surface area contributed by atoms with Gasteiger partial charge in [0.05, 0.1) is 6.54 Å². The minimum Gasteiger partial charge on any atom is -0.376 e. The Hall–Kier alpha value is -2.75. The van der Waals surface area contributed by atoms with Crippen molar-refractivity contribution in [2.24, 2.45) is 0 Å². The van der Waals surface area contributed by atoms with E-state index in [1.807, 2.05) is 36.5 Å². The van der Waals surface area contributed by atoms with Crippen molar-refractivity contribution in [3.05, 3.63) is 65.9 Å². The van der Waals surface area contributed by atoms with Crippen LogP contribution in [0.3, 0.4) is 0 Å². The van der Waals surface area contributed by atoms with Crippen LogP contribution in [-0.4, -0.2) is 24.0 Å². The first-order valence-corrected chi connectivity index (χ1v) is 8.79. The number of H-pyrrole nitrogens is 1. The molecule has 0 atom stereocenters. The van der Waals surface area contributed by atoms with Crippen molar-refractivity contribution in [2.45, 2.75) is 26.2 Å². The molecule has 0 radical (unpaired) electrons. The van der Waals surface area contributed by atoms with Crippen LogP contribution in [0.1, 0.15) is 30.9 Å². The SMILES string of the molecule is CC(C)c1ccccc1NCC(=O)NCCc1c[nH]c2ccccc12. The van der Waals surface area contributed by atoms with Crippen LogP contribution in [-0.2, 0) is 11.2 Å². The fourth-order valence-corrected chi connectivity index (χ4v) is 3.07. The van der Waals surface area contributed by atoms with Crippen molar-refractivity contribution in [2.75, 3.05) is 18.4 Å². The van der Waals surface area contributed by atoms with Gasteiger partial charge in [-0.25, -0.2) is 0 Å². The number of anilines is 1. The summed E-state index contributed by atoms with van der Waals surface area (Å²) in [6, 6.07) is 16.4. The van der Waals surface area contributed by atoms with Gasteiger partial charge in [0.15, 0.2) is 0 Å². The number of benzene rings is 2. The number of carbonyl (C=O) groups excluding carboxylic acids is 1. The highest BCUT2D eigenvalue weighted by molar-refractivity contribution is 5.83. The van der Waals surface area contributed by atoms with Gasteiger partial charge in [-0.2, -0.15) is 0 Å². The van der Waals surface area contributed by atoms with E-state index < -0.39 is 0 Å². The van der Waals surface area contributed by atoms with Gasteiger partial charge < -0.3 is 15.6 Å². The lowest BCUT2D eigenvalue weighted by Crippen LogP contribution is -2.31. The summed E-state index contributed by atoms with van der Waals surface area (Å²) >= 11 is 0. The molecule has 1 aromatic heterocycles. The lowest BCUT2D eigenvalue weighted by Gasteiger charge is -2.14. The van der Waals surface area contributed by atoms with Crippen molar-refractivity contribution in [1.82, 2.24) is 10.3 Å². The Bertz CT molecular complexity index is 851. The smallest absolute Gasteiger partial charge is 0.239 e. The third-order valence-electron chi connectivity index (χ3n) is 4.41. The van der Waals surface area contributed by atoms with Crippen molar-refractivity contribution in [3.63, 3.8) is 0 Å². The quantitative estimate of drug-likeness (QED) is 0.610. The third-order valence-corrected chi connectivity index (χ3v) is 4.41. The van der Waals surface area contributed by atoms with Crippen LogP contribution in [0.2, 0.25) is 0 Å². The zero-order valence-corrected chi connectivity index (χ0v) is 14.8. The highest BCUT2D eigenvalue weighted by Crippen LogP contribution is 2.23. The van der Waals surface area contributed by atoms with Crippen molar-refractivity contribution in [3.8, 4) is 0 Å². The van der Waals surface area contributed by atoms with Crippen LogP contribution < -0.4 is 10.6 Å². The van der Waals surface area contributed by atoms with E-state index in [1.165, 1.54) is 16.5 Å². The second-order valence-corrected chi connectivity index (χ2v) is 6.55. The number of aromatic amines is 1. The number of fused-ring (bicyclic) bond motifs is 1. The van der Waals surface area contributed by atoms with Crippen LogP contribution >= 0.6 is 0 Å². The largest absolute Gasteiger partial charge is 0.376 e. The van der Waals surface area contributed by atoms with E-state index in [4.69, 9.17) is 0 Å². The molecule has 1 amide bonds. The average molecular weight is 335 g/mol. The van der Waals surface area contributed by atoms with E-state index in [1.54, 1.807) is 0 Å². The number of carbonyl (C=O) groups is 1. The van der Waals surface area contributed by atoms with E-state index in [9.17, 15) is 4.79 Å². The summed E-state index contributed by atoms with van der Waals surface area (Å²) in [5.41, 5.74) is 4.63. The maximum Gasteiger partial charge on any atom is 0.239 e. The Kier molecular flexibility index (Phi) is 5.39. The van der Waals surface area contributed by atoms with E-state index in [0.29, 0.717) is 12.5 Å². The first-order chi connectivity index (χ1) is 12.1. The molecule has 0 bridgehead atoms. The molecular formula is C21H25N3O. The number of hydrogen-bond donors (Lipinski definition) is 3. The molecule has 130 valence electrons. The first-order valence-electron chi connectivity index (χ1n) is 8.79. The first kappa shape index (κ1) is 17.1. The molecule has 0 aliphatic heterocycles. The molecular weight excluding hydrogens is 310 g/mol. The maximum atomic E-state index is 12.1. The molecule has 0 fully saturated rings. The lowest BCUT2D eigenvalue weighted by atomic mass is 10.0. The van der Waals surface area contributed by atoms with Gasteiger partial charge in [0.1, 0.15) is 0 Å². The van der Waals surface area contributed by atoms with Gasteiger partial charge >= 0.3 is 0 Å². The van der Waals surface area contributed by atoms with Crippen molar-refractivity contribution in [1.29, 1.82) is 0 Å². The molecule has 0 unspecified atom stereocenters. The van der Waals surface area contributed by atoms with Crippen LogP contribution in [0, 0.1) is 0 Å². The van der Waals surface area contributed by atoms with Gasteiger partial charge in [0, 0.05) is 29.3 Å². The molecule has 4 nitrogen and oxygen atoms in total. The molecule has 0 saturated carbocycles. The molecule has 0 spiro atoms. The monoisotopic (exact) mass is 335 g/mol. The van der Waals surface area contributed by atoms with Gasteiger partial charge in [0.2, 0.25) is 5.91 Å². The van der Waals surface area contributed by atoms with Crippen LogP contribution in [0.15, 0.2) is 54.7 Å². The summed E-state index contributed by atoms with van der Waals surface area (Å²) in [4.78, 5) is 15.4. The Labute approximate surface area is 148 Å². The maximum absolute atomic E-state index is 12.1. The molecule has 2 aromatic carbocycles. The van der Waals surface area contributed by atoms with Crippen LogP contribution in [0.4, 0.5) is 5.69 Å². The summed E-state index contributed by atoms with van der Waals surface area (Å²) in [6.07, 6.45) is 2.84. The van der Waals surface area contributed by atoms with Crippen LogP contribution in [0.25, 0.3) is 10.9 Å². The highest BCUT2D eigenvalue weighted by atomic mass is 16.1. The Morgan fingerprint density at radius 2 is 1.84 bits per heavy atom. The Morgan fingerprint density at radius 1 is 1.08 bits per heavy atom. The molecule has 4 heteroatoms. The van der Waals surface area contributed by atoms with E-state index in [-0.39, 0.29) is 12.5 Å². The molecule has 3 rings (SSSR count). The summed E-state index contributed by atoms with van der Waals surface area (Å²) < 4.78 is 0. The van der Waals surface area contributed by atoms with E-state index >= 15 is 0 Å².